The zero-order valence-electron chi connectivity index (χ0n) is 17.8. The maximum Gasteiger partial charge on any atom is 0.344 e. The summed E-state index contributed by atoms with van der Waals surface area (Å²) in [6, 6.07) is 5.53. The third-order valence-corrected chi connectivity index (χ3v) is 4.78. The summed E-state index contributed by atoms with van der Waals surface area (Å²) in [6.07, 6.45) is 0. The van der Waals surface area contributed by atoms with Crippen LogP contribution in [0.4, 0.5) is 13.2 Å². The van der Waals surface area contributed by atoms with Crippen molar-refractivity contribution in [2.45, 2.75) is 13.8 Å². The number of hydrogen-bond acceptors (Lipinski definition) is 5. The van der Waals surface area contributed by atoms with E-state index in [0.717, 1.165) is 0 Å². The number of hydrogen-bond donors (Lipinski definition) is 1. The SMILES string of the molecule is CCOC(=O)c1c(-c2cc(OC)cc(OC)c2)c(-c2c(F)cc(F)cc2F)c(C)[nH]c1=O. The highest BCUT2D eigenvalue weighted by atomic mass is 19.1. The second-order valence-corrected chi connectivity index (χ2v) is 6.77. The van der Waals surface area contributed by atoms with Gasteiger partial charge in [0.25, 0.3) is 5.56 Å². The zero-order chi connectivity index (χ0) is 23.6. The summed E-state index contributed by atoms with van der Waals surface area (Å²) in [7, 11) is 2.79. The molecule has 2 aromatic carbocycles. The number of methoxy groups -OCH3 is 2. The van der Waals surface area contributed by atoms with E-state index in [9.17, 15) is 22.8 Å². The summed E-state index contributed by atoms with van der Waals surface area (Å²) in [5, 5.41) is 0. The molecular weight excluding hydrogens is 427 g/mol. The van der Waals surface area contributed by atoms with Crippen molar-refractivity contribution in [1.82, 2.24) is 4.98 Å². The van der Waals surface area contributed by atoms with Crippen LogP contribution in [0.25, 0.3) is 22.3 Å². The van der Waals surface area contributed by atoms with E-state index in [-0.39, 0.29) is 29.0 Å². The number of halogens is 3. The molecular formula is C23H20F3NO5. The summed E-state index contributed by atoms with van der Waals surface area (Å²) in [5.41, 5.74) is -1.87. The molecule has 168 valence electrons. The summed E-state index contributed by atoms with van der Waals surface area (Å²) in [4.78, 5) is 28.0. The fourth-order valence-corrected chi connectivity index (χ4v) is 3.45. The lowest BCUT2D eigenvalue weighted by atomic mass is 9.89. The largest absolute Gasteiger partial charge is 0.497 e. The van der Waals surface area contributed by atoms with Crippen LogP contribution in [0.15, 0.2) is 35.1 Å². The number of esters is 1. The first kappa shape index (κ1) is 22.9. The number of aromatic nitrogens is 1. The number of aromatic amines is 1. The normalized spacial score (nSPS) is 10.7. The lowest BCUT2D eigenvalue weighted by molar-refractivity contribution is 0.0525. The molecule has 0 saturated carbocycles. The van der Waals surface area contributed by atoms with E-state index >= 15 is 0 Å². The molecule has 0 aliphatic rings. The Hall–Kier alpha value is -3.75. The maximum absolute atomic E-state index is 14.8. The van der Waals surface area contributed by atoms with Crippen molar-refractivity contribution in [1.29, 1.82) is 0 Å². The van der Waals surface area contributed by atoms with Crippen LogP contribution >= 0.6 is 0 Å². The van der Waals surface area contributed by atoms with Crippen LogP contribution in [0.2, 0.25) is 0 Å². The average Bonchev–Trinajstić information content (AvgIpc) is 2.73. The minimum Gasteiger partial charge on any atom is -0.497 e. The lowest BCUT2D eigenvalue weighted by Gasteiger charge is -2.19. The van der Waals surface area contributed by atoms with Crippen LogP contribution in [0.5, 0.6) is 11.5 Å². The van der Waals surface area contributed by atoms with Gasteiger partial charge in [-0.1, -0.05) is 0 Å². The summed E-state index contributed by atoms with van der Waals surface area (Å²) < 4.78 is 58.7. The van der Waals surface area contributed by atoms with Crippen molar-refractivity contribution >= 4 is 5.97 Å². The zero-order valence-corrected chi connectivity index (χ0v) is 17.8. The number of benzene rings is 2. The smallest absolute Gasteiger partial charge is 0.344 e. The molecule has 0 saturated heterocycles. The first-order valence-corrected chi connectivity index (χ1v) is 9.54. The Kier molecular flexibility index (Phi) is 6.57. The van der Waals surface area contributed by atoms with Crippen molar-refractivity contribution < 1.29 is 32.2 Å². The number of nitrogens with one attached hydrogen (secondary N) is 1. The molecule has 0 aliphatic heterocycles. The van der Waals surface area contributed by atoms with E-state index in [1.807, 2.05) is 0 Å². The molecule has 0 fully saturated rings. The Balaban J connectivity index is 2.54. The Morgan fingerprint density at radius 3 is 1.97 bits per heavy atom. The van der Waals surface area contributed by atoms with Crippen LogP contribution in [-0.4, -0.2) is 31.8 Å². The van der Waals surface area contributed by atoms with Gasteiger partial charge in [-0.2, -0.15) is 0 Å². The second-order valence-electron chi connectivity index (χ2n) is 6.77. The van der Waals surface area contributed by atoms with E-state index in [1.54, 1.807) is 13.0 Å². The predicted molar refractivity (Wildman–Crippen MR) is 112 cm³/mol. The molecule has 1 heterocycles. The average molecular weight is 447 g/mol. The molecule has 32 heavy (non-hydrogen) atoms. The minimum absolute atomic E-state index is 0.0401. The highest BCUT2D eigenvalue weighted by Gasteiger charge is 2.28. The Morgan fingerprint density at radius 1 is 0.906 bits per heavy atom. The number of H-pyrrole nitrogens is 1. The minimum atomic E-state index is -1.21. The quantitative estimate of drug-likeness (QED) is 0.558. The number of rotatable bonds is 6. The van der Waals surface area contributed by atoms with Gasteiger partial charge in [0, 0.05) is 35.0 Å². The van der Waals surface area contributed by atoms with E-state index < -0.39 is 40.1 Å². The van der Waals surface area contributed by atoms with Gasteiger partial charge in [-0.15, -0.1) is 0 Å². The van der Waals surface area contributed by atoms with Gasteiger partial charge in [0.15, 0.2) is 0 Å². The fraction of sp³-hybridized carbons (Fsp3) is 0.217. The predicted octanol–water partition coefficient (Wildman–Crippen LogP) is 4.63. The number of aryl methyl sites for hydroxylation is 1. The van der Waals surface area contributed by atoms with Gasteiger partial charge in [0.05, 0.1) is 26.4 Å². The van der Waals surface area contributed by atoms with Crippen molar-refractivity contribution in [3.8, 4) is 33.8 Å². The number of ether oxygens (including phenoxy) is 3. The topological polar surface area (TPSA) is 77.6 Å². The van der Waals surface area contributed by atoms with Crippen LogP contribution in [0.1, 0.15) is 23.0 Å². The van der Waals surface area contributed by atoms with Crippen LogP contribution in [0, 0.1) is 24.4 Å². The summed E-state index contributed by atoms with van der Waals surface area (Å²) in [5.74, 6) is -3.90. The van der Waals surface area contributed by atoms with Crippen LogP contribution in [0.3, 0.4) is 0 Å². The van der Waals surface area contributed by atoms with Gasteiger partial charge in [0.1, 0.15) is 34.5 Å². The molecule has 9 heteroatoms. The van der Waals surface area contributed by atoms with Gasteiger partial charge in [-0.05, 0) is 31.5 Å². The molecule has 6 nitrogen and oxygen atoms in total. The van der Waals surface area contributed by atoms with E-state index in [0.29, 0.717) is 23.6 Å². The first-order valence-electron chi connectivity index (χ1n) is 9.54. The Labute approximate surface area is 181 Å². The van der Waals surface area contributed by atoms with Crippen LogP contribution in [-0.2, 0) is 4.74 Å². The van der Waals surface area contributed by atoms with Gasteiger partial charge in [0.2, 0.25) is 0 Å². The number of carbonyl (C=O) groups is 1. The lowest BCUT2D eigenvalue weighted by Crippen LogP contribution is -2.23. The maximum atomic E-state index is 14.8. The molecule has 0 aliphatic carbocycles. The molecule has 1 N–H and O–H groups in total. The molecule has 0 atom stereocenters. The highest BCUT2D eigenvalue weighted by Crippen LogP contribution is 2.41. The molecule has 3 aromatic rings. The number of pyridine rings is 1. The van der Waals surface area contributed by atoms with Crippen molar-refractivity contribution in [3.05, 3.63) is 69.4 Å². The molecule has 0 bridgehead atoms. The van der Waals surface area contributed by atoms with Crippen molar-refractivity contribution in [2.24, 2.45) is 0 Å². The summed E-state index contributed by atoms with van der Waals surface area (Å²) >= 11 is 0. The van der Waals surface area contributed by atoms with Crippen molar-refractivity contribution in [3.63, 3.8) is 0 Å². The highest BCUT2D eigenvalue weighted by molar-refractivity contribution is 6.02. The van der Waals surface area contributed by atoms with E-state index in [4.69, 9.17) is 14.2 Å². The molecule has 0 amide bonds. The van der Waals surface area contributed by atoms with Crippen molar-refractivity contribution in [2.75, 3.05) is 20.8 Å². The molecule has 0 unspecified atom stereocenters. The van der Waals surface area contributed by atoms with Gasteiger partial charge < -0.3 is 19.2 Å². The fourth-order valence-electron chi connectivity index (χ4n) is 3.45. The van der Waals surface area contributed by atoms with E-state index in [2.05, 4.69) is 4.98 Å². The van der Waals surface area contributed by atoms with Gasteiger partial charge >= 0.3 is 5.97 Å². The first-order chi connectivity index (χ1) is 15.2. The Morgan fingerprint density at radius 2 is 1.47 bits per heavy atom. The monoisotopic (exact) mass is 447 g/mol. The summed E-state index contributed by atoms with van der Waals surface area (Å²) in [6.45, 7) is 2.92. The molecule has 0 spiro atoms. The molecule has 1 aromatic heterocycles. The van der Waals surface area contributed by atoms with E-state index in [1.165, 1.54) is 33.3 Å². The second kappa shape index (κ2) is 9.17. The number of carbonyl (C=O) groups excluding carboxylic acids is 1. The molecule has 0 radical (unpaired) electrons. The Bertz CT molecular complexity index is 1210. The molecule has 3 rings (SSSR count). The third-order valence-electron chi connectivity index (χ3n) is 4.78. The van der Waals surface area contributed by atoms with Crippen LogP contribution < -0.4 is 15.0 Å². The van der Waals surface area contributed by atoms with Gasteiger partial charge in [-0.3, -0.25) is 4.79 Å². The third kappa shape index (κ3) is 4.18. The van der Waals surface area contributed by atoms with Gasteiger partial charge in [-0.25, -0.2) is 18.0 Å². The standard InChI is InChI=1S/C23H20F3NO5/c1-5-32-23(29)21-19(12-6-14(30-3)10-15(7-12)31-4)18(11(2)27-22(21)28)20-16(25)8-13(24)9-17(20)26/h6-10H,5H2,1-4H3,(H,27,28).